The number of nitrogens with zero attached hydrogens (tertiary/aromatic N) is 4. The summed E-state index contributed by atoms with van der Waals surface area (Å²) >= 11 is 0. The summed E-state index contributed by atoms with van der Waals surface area (Å²) in [4.78, 5) is 49.1. The fourth-order valence-electron chi connectivity index (χ4n) is 4.91. The zero-order valence-electron chi connectivity index (χ0n) is 20.4. The number of amides is 2. The zero-order valence-corrected chi connectivity index (χ0v) is 20.4. The standard InChI is InChI=1S/C29H22N6O3/c1-29(32-26(36)19-10-12-30-13-11-19)23-8-4-5-9-25(23)35(28(29)38)20-14-18(16-31-17-20)15-24-21-6-2-3-7-22(21)27(37)34-33-24/h2-14,16-17H,15H2,1H3,(H,32,36)(H,34,37). The molecule has 5 aromatic rings. The first-order valence-electron chi connectivity index (χ1n) is 12.0. The second kappa shape index (κ2) is 9.04. The Morgan fingerprint density at radius 1 is 0.947 bits per heavy atom. The van der Waals surface area contributed by atoms with Crippen LogP contribution in [-0.2, 0) is 16.8 Å². The topological polar surface area (TPSA) is 121 Å². The lowest BCUT2D eigenvalue weighted by Gasteiger charge is -2.26. The quantitative estimate of drug-likeness (QED) is 0.379. The van der Waals surface area contributed by atoms with E-state index in [1.54, 1.807) is 42.4 Å². The van der Waals surface area contributed by atoms with Crippen molar-refractivity contribution in [1.29, 1.82) is 0 Å². The lowest BCUT2D eigenvalue weighted by molar-refractivity contribution is -0.122. The van der Waals surface area contributed by atoms with E-state index in [-0.39, 0.29) is 17.4 Å². The molecule has 1 unspecified atom stereocenters. The van der Waals surface area contributed by atoms with Crippen LogP contribution in [0.15, 0.2) is 96.3 Å². The molecule has 0 bridgehead atoms. The number of nitrogens with one attached hydrogen (secondary N) is 2. The summed E-state index contributed by atoms with van der Waals surface area (Å²) in [6.07, 6.45) is 6.80. The average molecular weight is 503 g/mol. The first-order valence-corrected chi connectivity index (χ1v) is 12.0. The zero-order chi connectivity index (χ0) is 26.3. The molecule has 4 heterocycles. The summed E-state index contributed by atoms with van der Waals surface area (Å²) in [6.45, 7) is 1.71. The number of hydrogen-bond donors (Lipinski definition) is 2. The Balaban J connectivity index is 1.36. The highest BCUT2D eigenvalue weighted by atomic mass is 16.2. The van der Waals surface area contributed by atoms with Crippen molar-refractivity contribution in [2.75, 3.05) is 4.90 Å². The Hall–Kier alpha value is -5.18. The van der Waals surface area contributed by atoms with Gasteiger partial charge in [-0.3, -0.25) is 29.3 Å². The lowest BCUT2D eigenvalue weighted by Crippen LogP contribution is -2.50. The highest BCUT2D eigenvalue weighted by Gasteiger charge is 2.49. The average Bonchev–Trinajstić information content (AvgIpc) is 3.17. The van der Waals surface area contributed by atoms with Crippen LogP contribution in [0.5, 0.6) is 0 Å². The molecule has 9 heteroatoms. The van der Waals surface area contributed by atoms with E-state index in [1.165, 1.54) is 12.4 Å². The molecule has 0 saturated heterocycles. The molecule has 1 aliphatic rings. The Morgan fingerprint density at radius 2 is 1.68 bits per heavy atom. The van der Waals surface area contributed by atoms with Crippen LogP contribution in [0.2, 0.25) is 0 Å². The number of para-hydroxylation sites is 1. The van der Waals surface area contributed by atoms with Gasteiger partial charge in [0.15, 0.2) is 0 Å². The number of anilines is 2. The largest absolute Gasteiger partial charge is 0.334 e. The summed E-state index contributed by atoms with van der Waals surface area (Å²) in [7, 11) is 0. The number of fused-ring (bicyclic) bond motifs is 2. The molecule has 0 spiro atoms. The molecule has 186 valence electrons. The van der Waals surface area contributed by atoms with E-state index in [0.29, 0.717) is 40.0 Å². The Morgan fingerprint density at radius 3 is 2.50 bits per heavy atom. The van der Waals surface area contributed by atoms with Crippen molar-refractivity contribution in [3.05, 3.63) is 124 Å². The van der Waals surface area contributed by atoms with Gasteiger partial charge in [0.2, 0.25) is 0 Å². The van der Waals surface area contributed by atoms with Crippen LogP contribution in [0, 0.1) is 0 Å². The summed E-state index contributed by atoms with van der Waals surface area (Å²) < 4.78 is 0. The predicted molar refractivity (Wildman–Crippen MR) is 142 cm³/mol. The van der Waals surface area contributed by atoms with Crippen molar-refractivity contribution in [3.63, 3.8) is 0 Å². The maximum Gasteiger partial charge on any atom is 0.272 e. The second-order valence-corrected chi connectivity index (χ2v) is 9.25. The molecule has 0 saturated carbocycles. The van der Waals surface area contributed by atoms with E-state index < -0.39 is 5.54 Å². The maximum absolute atomic E-state index is 14.0. The van der Waals surface area contributed by atoms with Gasteiger partial charge in [-0.25, -0.2) is 5.10 Å². The van der Waals surface area contributed by atoms with Gasteiger partial charge >= 0.3 is 0 Å². The number of carbonyl (C=O) groups is 2. The summed E-state index contributed by atoms with van der Waals surface area (Å²) in [5.41, 5.74) is 2.30. The lowest BCUT2D eigenvalue weighted by atomic mass is 9.93. The number of benzene rings is 2. The number of aromatic nitrogens is 4. The molecule has 9 nitrogen and oxygen atoms in total. The molecule has 3 aromatic heterocycles. The number of rotatable bonds is 5. The van der Waals surface area contributed by atoms with Crippen LogP contribution in [0.4, 0.5) is 11.4 Å². The van der Waals surface area contributed by atoms with Gasteiger partial charge in [-0.05, 0) is 42.8 Å². The molecule has 2 amide bonds. The van der Waals surface area contributed by atoms with Gasteiger partial charge in [-0.1, -0.05) is 36.4 Å². The fourth-order valence-corrected chi connectivity index (χ4v) is 4.91. The molecule has 38 heavy (non-hydrogen) atoms. The van der Waals surface area contributed by atoms with Gasteiger partial charge in [-0.2, -0.15) is 5.10 Å². The number of carbonyl (C=O) groups excluding carboxylic acids is 2. The molecule has 1 atom stereocenters. The van der Waals surface area contributed by atoms with Gasteiger partial charge < -0.3 is 5.32 Å². The van der Waals surface area contributed by atoms with Crippen LogP contribution < -0.4 is 15.8 Å². The molecule has 2 aromatic carbocycles. The Labute approximate surface area is 217 Å². The Bertz CT molecular complexity index is 1770. The first kappa shape index (κ1) is 23.2. The smallest absolute Gasteiger partial charge is 0.272 e. The van der Waals surface area contributed by atoms with E-state index in [9.17, 15) is 14.4 Å². The van der Waals surface area contributed by atoms with Gasteiger partial charge in [0.25, 0.3) is 17.4 Å². The molecule has 2 N–H and O–H groups in total. The number of H-pyrrole nitrogens is 1. The van der Waals surface area contributed by atoms with Crippen LogP contribution in [0.25, 0.3) is 10.8 Å². The fraction of sp³-hybridized carbons (Fsp3) is 0.103. The summed E-state index contributed by atoms with van der Waals surface area (Å²) in [6, 6.07) is 19.8. The van der Waals surface area contributed by atoms with Gasteiger partial charge in [0.05, 0.1) is 28.7 Å². The van der Waals surface area contributed by atoms with Crippen LogP contribution >= 0.6 is 0 Å². The van der Waals surface area contributed by atoms with E-state index in [1.807, 2.05) is 48.5 Å². The van der Waals surface area contributed by atoms with E-state index in [2.05, 4.69) is 25.5 Å². The molecular formula is C29H22N6O3. The molecule has 1 aliphatic heterocycles. The van der Waals surface area contributed by atoms with Crippen LogP contribution in [0.1, 0.15) is 34.1 Å². The normalized spacial score (nSPS) is 16.4. The van der Waals surface area contributed by atoms with Crippen molar-refractivity contribution >= 4 is 34.0 Å². The van der Waals surface area contributed by atoms with Gasteiger partial charge in [0, 0.05) is 41.5 Å². The maximum atomic E-state index is 14.0. The number of aromatic amines is 1. The van der Waals surface area contributed by atoms with Crippen molar-refractivity contribution in [2.24, 2.45) is 0 Å². The van der Waals surface area contributed by atoms with E-state index >= 15 is 0 Å². The minimum absolute atomic E-state index is 0.247. The summed E-state index contributed by atoms with van der Waals surface area (Å²) in [5.74, 6) is -0.671. The van der Waals surface area contributed by atoms with Gasteiger partial charge in [-0.15, -0.1) is 0 Å². The number of hydrogen-bond acceptors (Lipinski definition) is 6. The second-order valence-electron chi connectivity index (χ2n) is 9.25. The SMILES string of the molecule is CC1(NC(=O)c2ccncc2)C(=O)N(c2cncc(Cc3n[nH]c(=O)c4ccccc34)c2)c2ccccc21. The van der Waals surface area contributed by atoms with E-state index in [4.69, 9.17) is 0 Å². The molecule has 0 fully saturated rings. The molecule has 6 rings (SSSR count). The van der Waals surface area contributed by atoms with Crippen LogP contribution in [-0.4, -0.2) is 32.0 Å². The van der Waals surface area contributed by atoms with Gasteiger partial charge in [0.1, 0.15) is 5.54 Å². The van der Waals surface area contributed by atoms with Crippen LogP contribution in [0.3, 0.4) is 0 Å². The highest BCUT2D eigenvalue weighted by Crippen LogP contribution is 2.44. The minimum Gasteiger partial charge on any atom is -0.334 e. The van der Waals surface area contributed by atoms with E-state index in [0.717, 1.165) is 10.9 Å². The van der Waals surface area contributed by atoms with Crippen molar-refractivity contribution in [2.45, 2.75) is 18.9 Å². The molecule has 0 aliphatic carbocycles. The summed E-state index contributed by atoms with van der Waals surface area (Å²) in [5, 5.41) is 11.1. The minimum atomic E-state index is -1.29. The molecule has 0 radical (unpaired) electrons. The third-order valence-corrected chi connectivity index (χ3v) is 6.81. The third-order valence-electron chi connectivity index (χ3n) is 6.81. The predicted octanol–water partition coefficient (Wildman–Crippen LogP) is 3.63. The first-order chi connectivity index (χ1) is 18.5. The van der Waals surface area contributed by atoms with Crippen molar-refractivity contribution in [1.82, 2.24) is 25.5 Å². The molecular weight excluding hydrogens is 480 g/mol. The third kappa shape index (κ3) is 3.81. The van der Waals surface area contributed by atoms with Crippen molar-refractivity contribution < 1.29 is 9.59 Å². The van der Waals surface area contributed by atoms with Crippen molar-refractivity contribution in [3.8, 4) is 0 Å². The number of pyridine rings is 2. The highest BCUT2D eigenvalue weighted by molar-refractivity contribution is 6.14. The Kier molecular flexibility index (Phi) is 5.53. The monoisotopic (exact) mass is 502 g/mol.